The highest BCUT2D eigenvalue weighted by atomic mass is 16.5. The van der Waals surface area contributed by atoms with Crippen molar-refractivity contribution in [3.8, 4) is 5.75 Å². The van der Waals surface area contributed by atoms with E-state index in [1.54, 1.807) is 24.3 Å². The zero-order valence-corrected chi connectivity index (χ0v) is 9.56. The Bertz CT molecular complexity index is 581. The van der Waals surface area contributed by atoms with Crippen molar-refractivity contribution in [2.75, 3.05) is 14.2 Å². The molecule has 0 saturated heterocycles. The standard InChI is InChI=1S/C12H12N2O3/c1-13-12(15)10-7-6-8-9(14(10)16)4-3-5-11(8)17-2/h3-7H,1-2H3,(H,13,15). The molecule has 88 valence electrons. The molecule has 0 unspecified atom stereocenters. The van der Waals surface area contributed by atoms with Gasteiger partial charge in [0.05, 0.1) is 12.5 Å². The van der Waals surface area contributed by atoms with E-state index in [1.165, 1.54) is 20.2 Å². The number of carbonyl (C=O) groups excluding carboxylic acids is 1. The summed E-state index contributed by atoms with van der Waals surface area (Å²) in [6, 6.07) is 8.31. The minimum atomic E-state index is -0.412. The van der Waals surface area contributed by atoms with E-state index >= 15 is 0 Å². The predicted molar refractivity (Wildman–Crippen MR) is 62.9 cm³/mol. The first kappa shape index (κ1) is 11.2. The summed E-state index contributed by atoms with van der Waals surface area (Å²) in [5.74, 6) is 0.195. The van der Waals surface area contributed by atoms with Gasteiger partial charge >= 0.3 is 5.91 Å². The first-order valence-corrected chi connectivity index (χ1v) is 5.10. The van der Waals surface area contributed by atoms with Gasteiger partial charge in [0.1, 0.15) is 5.75 Å². The van der Waals surface area contributed by atoms with Crippen molar-refractivity contribution in [1.29, 1.82) is 0 Å². The molecule has 0 atom stereocenters. The van der Waals surface area contributed by atoms with Crippen LogP contribution in [0.1, 0.15) is 10.5 Å². The van der Waals surface area contributed by atoms with Crippen molar-refractivity contribution >= 4 is 16.8 Å². The van der Waals surface area contributed by atoms with Gasteiger partial charge in [-0.3, -0.25) is 4.79 Å². The fourth-order valence-corrected chi connectivity index (χ4v) is 1.71. The van der Waals surface area contributed by atoms with Crippen LogP contribution in [0.3, 0.4) is 0 Å². The summed E-state index contributed by atoms with van der Waals surface area (Å²) < 4.78 is 5.76. The van der Waals surface area contributed by atoms with Gasteiger partial charge < -0.3 is 15.3 Å². The van der Waals surface area contributed by atoms with Crippen LogP contribution in [0.5, 0.6) is 5.75 Å². The van der Waals surface area contributed by atoms with Gasteiger partial charge in [-0.05, 0) is 12.1 Å². The number of methoxy groups -OCH3 is 1. The Morgan fingerprint density at radius 3 is 2.76 bits per heavy atom. The number of fused-ring (bicyclic) bond motifs is 1. The van der Waals surface area contributed by atoms with Crippen molar-refractivity contribution in [3.63, 3.8) is 0 Å². The third kappa shape index (κ3) is 1.75. The zero-order chi connectivity index (χ0) is 12.4. The number of pyridine rings is 1. The second kappa shape index (κ2) is 4.29. The molecule has 0 spiro atoms. The van der Waals surface area contributed by atoms with E-state index in [0.29, 0.717) is 21.4 Å². The summed E-state index contributed by atoms with van der Waals surface area (Å²) in [5.41, 5.74) is 0.471. The Morgan fingerprint density at radius 1 is 1.35 bits per heavy atom. The van der Waals surface area contributed by atoms with Gasteiger partial charge in [0.15, 0.2) is 0 Å². The molecule has 1 heterocycles. The van der Waals surface area contributed by atoms with Crippen LogP contribution >= 0.6 is 0 Å². The zero-order valence-electron chi connectivity index (χ0n) is 9.56. The van der Waals surface area contributed by atoms with Crippen LogP contribution < -0.4 is 14.8 Å². The summed E-state index contributed by atoms with van der Waals surface area (Å²) in [6.45, 7) is 0. The average Bonchev–Trinajstić information content (AvgIpc) is 2.38. The van der Waals surface area contributed by atoms with Gasteiger partial charge in [0.25, 0.3) is 5.69 Å². The van der Waals surface area contributed by atoms with Crippen LogP contribution in [0.2, 0.25) is 0 Å². The largest absolute Gasteiger partial charge is 0.618 e. The maximum absolute atomic E-state index is 12.0. The van der Waals surface area contributed by atoms with Gasteiger partial charge in [0, 0.05) is 19.2 Å². The molecule has 2 rings (SSSR count). The van der Waals surface area contributed by atoms with Crippen molar-refractivity contribution in [1.82, 2.24) is 5.32 Å². The number of nitrogens with zero attached hydrogens (tertiary/aromatic N) is 1. The quantitative estimate of drug-likeness (QED) is 0.616. The molecule has 2 aromatic rings. The highest BCUT2D eigenvalue weighted by Gasteiger charge is 2.18. The molecule has 0 aliphatic rings. The van der Waals surface area contributed by atoms with Gasteiger partial charge in [-0.15, -0.1) is 0 Å². The molecule has 1 aromatic heterocycles. The van der Waals surface area contributed by atoms with Gasteiger partial charge in [0.2, 0.25) is 5.52 Å². The van der Waals surface area contributed by atoms with Crippen LogP contribution in [0.15, 0.2) is 30.3 Å². The number of nitrogens with one attached hydrogen (secondary N) is 1. The van der Waals surface area contributed by atoms with Crippen LogP contribution in [-0.4, -0.2) is 20.1 Å². The lowest BCUT2D eigenvalue weighted by Crippen LogP contribution is -2.39. The lowest BCUT2D eigenvalue weighted by atomic mass is 10.2. The van der Waals surface area contributed by atoms with Crippen LogP contribution in [0.4, 0.5) is 0 Å². The number of hydrogen-bond donors (Lipinski definition) is 1. The van der Waals surface area contributed by atoms with Crippen LogP contribution in [0, 0.1) is 5.21 Å². The molecule has 0 aliphatic heterocycles. The monoisotopic (exact) mass is 232 g/mol. The molecule has 0 radical (unpaired) electrons. The first-order chi connectivity index (χ1) is 8.19. The molecule has 1 N–H and O–H groups in total. The highest BCUT2D eigenvalue weighted by molar-refractivity contribution is 5.93. The maximum atomic E-state index is 12.0. The molecular formula is C12H12N2O3. The number of amides is 1. The normalized spacial score (nSPS) is 10.2. The number of benzene rings is 1. The minimum Gasteiger partial charge on any atom is -0.618 e. The minimum absolute atomic E-state index is 0.0632. The molecule has 1 aromatic carbocycles. The Hall–Kier alpha value is -2.30. The third-order valence-corrected chi connectivity index (χ3v) is 2.57. The number of carbonyl (C=O) groups is 1. The number of aromatic nitrogens is 1. The smallest absolute Gasteiger partial charge is 0.317 e. The summed E-state index contributed by atoms with van der Waals surface area (Å²) in [7, 11) is 3.02. The van der Waals surface area contributed by atoms with E-state index < -0.39 is 5.91 Å². The molecule has 5 heteroatoms. The summed E-state index contributed by atoms with van der Waals surface area (Å²) in [6.07, 6.45) is 0. The van der Waals surface area contributed by atoms with Crippen molar-refractivity contribution in [2.24, 2.45) is 0 Å². The van der Waals surface area contributed by atoms with Gasteiger partial charge in [-0.1, -0.05) is 6.07 Å². The van der Waals surface area contributed by atoms with E-state index in [4.69, 9.17) is 4.74 Å². The Balaban J connectivity index is 2.72. The highest BCUT2D eigenvalue weighted by Crippen LogP contribution is 2.22. The van der Waals surface area contributed by atoms with E-state index in [2.05, 4.69) is 5.32 Å². The average molecular weight is 232 g/mol. The Kier molecular flexibility index (Phi) is 2.82. The molecule has 5 nitrogen and oxygen atoms in total. The fourth-order valence-electron chi connectivity index (χ4n) is 1.71. The second-order valence-electron chi connectivity index (χ2n) is 3.49. The molecule has 17 heavy (non-hydrogen) atoms. The van der Waals surface area contributed by atoms with Crippen molar-refractivity contribution in [3.05, 3.63) is 41.2 Å². The van der Waals surface area contributed by atoms with Crippen LogP contribution in [0.25, 0.3) is 10.9 Å². The van der Waals surface area contributed by atoms with Gasteiger partial charge in [-0.2, -0.15) is 4.73 Å². The summed E-state index contributed by atoms with van der Waals surface area (Å²) in [5, 5.41) is 15.1. The lowest BCUT2D eigenvalue weighted by Gasteiger charge is -2.08. The maximum Gasteiger partial charge on any atom is 0.317 e. The second-order valence-corrected chi connectivity index (χ2v) is 3.49. The van der Waals surface area contributed by atoms with E-state index in [0.717, 1.165) is 0 Å². The molecule has 1 amide bonds. The summed E-state index contributed by atoms with van der Waals surface area (Å²) >= 11 is 0. The summed E-state index contributed by atoms with van der Waals surface area (Å²) in [4.78, 5) is 11.5. The van der Waals surface area contributed by atoms with Crippen molar-refractivity contribution in [2.45, 2.75) is 0 Å². The van der Waals surface area contributed by atoms with Crippen LogP contribution in [-0.2, 0) is 0 Å². The third-order valence-electron chi connectivity index (χ3n) is 2.57. The lowest BCUT2D eigenvalue weighted by molar-refractivity contribution is -0.579. The first-order valence-electron chi connectivity index (χ1n) is 5.10. The number of rotatable bonds is 2. The molecule has 0 bridgehead atoms. The van der Waals surface area contributed by atoms with E-state index in [-0.39, 0.29) is 5.69 Å². The Morgan fingerprint density at radius 2 is 2.12 bits per heavy atom. The van der Waals surface area contributed by atoms with Gasteiger partial charge in [-0.25, -0.2) is 0 Å². The van der Waals surface area contributed by atoms with E-state index in [9.17, 15) is 10.0 Å². The molecule has 0 aliphatic carbocycles. The van der Waals surface area contributed by atoms with E-state index in [1.807, 2.05) is 0 Å². The number of ether oxygens (including phenoxy) is 1. The number of hydrogen-bond acceptors (Lipinski definition) is 3. The Labute approximate surface area is 98.2 Å². The van der Waals surface area contributed by atoms with Crippen molar-refractivity contribution < 1.29 is 14.3 Å². The SMILES string of the molecule is CNC(=O)c1ccc2c(OC)cccc2[n+]1[O-]. The molecule has 0 fully saturated rings. The molecule has 0 saturated carbocycles. The molecular weight excluding hydrogens is 220 g/mol. The fraction of sp³-hybridized carbons (Fsp3) is 0.167. The predicted octanol–water partition coefficient (Wildman–Crippen LogP) is 0.841. The topological polar surface area (TPSA) is 65.3 Å².